The fourth-order valence-electron chi connectivity index (χ4n) is 1.82. The molecule has 1 N–H and O–H groups in total. The van der Waals surface area contributed by atoms with E-state index in [1.807, 2.05) is 4.90 Å². The van der Waals surface area contributed by atoms with E-state index in [2.05, 4.69) is 6.92 Å². The molecule has 88 valence electrons. The second kappa shape index (κ2) is 6.08. The van der Waals surface area contributed by atoms with Gasteiger partial charge in [0.05, 0.1) is 13.2 Å². The lowest BCUT2D eigenvalue weighted by atomic mass is 10.1. The predicted octanol–water partition coefficient (Wildman–Crippen LogP) is 1.21. The molecule has 1 aliphatic carbocycles. The molecule has 15 heavy (non-hydrogen) atoms. The van der Waals surface area contributed by atoms with Crippen LogP contribution in [0.25, 0.3) is 0 Å². The smallest absolute Gasteiger partial charge is 0.317 e. The summed E-state index contributed by atoms with van der Waals surface area (Å²) in [5.41, 5.74) is 0. The van der Waals surface area contributed by atoms with E-state index < -0.39 is 5.97 Å². The van der Waals surface area contributed by atoms with Gasteiger partial charge in [0.25, 0.3) is 0 Å². The zero-order chi connectivity index (χ0) is 11.3. The Bertz CT molecular complexity index is 204. The Labute approximate surface area is 91.2 Å². The zero-order valence-corrected chi connectivity index (χ0v) is 9.61. The summed E-state index contributed by atoms with van der Waals surface area (Å²) in [4.78, 5) is 12.7. The molecule has 0 aromatic carbocycles. The van der Waals surface area contributed by atoms with Crippen molar-refractivity contribution < 1.29 is 14.6 Å². The Morgan fingerprint density at radius 3 is 2.73 bits per heavy atom. The van der Waals surface area contributed by atoms with E-state index in [0.717, 1.165) is 12.3 Å². The molecule has 1 saturated carbocycles. The molecule has 1 rings (SSSR count). The maximum atomic E-state index is 10.7. The second-order valence-electron chi connectivity index (χ2n) is 4.39. The number of aliphatic carboxylic acids is 1. The van der Waals surface area contributed by atoms with E-state index in [0.29, 0.717) is 19.2 Å². The van der Waals surface area contributed by atoms with Crippen LogP contribution in [0.2, 0.25) is 0 Å². The average Bonchev–Trinajstić information content (AvgIpc) is 2.95. The molecule has 1 aliphatic rings. The molecule has 1 atom stereocenters. The summed E-state index contributed by atoms with van der Waals surface area (Å²) in [6.45, 7) is 3.53. The third-order valence-corrected chi connectivity index (χ3v) is 2.92. The first-order chi connectivity index (χ1) is 7.13. The molecular weight excluding hydrogens is 194 g/mol. The molecule has 4 heteroatoms. The fraction of sp³-hybridized carbons (Fsp3) is 0.909. The zero-order valence-electron chi connectivity index (χ0n) is 9.61. The van der Waals surface area contributed by atoms with Gasteiger partial charge in [0.15, 0.2) is 0 Å². The number of carboxylic acid groups (broad SMARTS) is 1. The molecule has 0 spiro atoms. The molecule has 0 radical (unpaired) electrons. The summed E-state index contributed by atoms with van der Waals surface area (Å²) in [7, 11) is 1.64. The number of carbonyl (C=O) groups is 1. The van der Waals surface area contributed by atoms with Gasteiger partial charge in [0.2, 0.25) is 0 Å². The Kier molecular flexibility index (Phi) is 5.05. The highest BCUT2D eigenvalue weighted by atomic mass is 16.5. The van der Waals surface area contributed by atoms with Crippen LogP contribution in [0.3, 0.4) is 0 Å². The standard InChI is InChI=1S/C11H21NO3/c1-9(7-10-3-4-10)12(5-6-15-2)8-11(13)14/h9-10H,3-8H2,1-2H3,(H,13,14). The summed E-state index contributed by atoms with van der Waals surface area (Å²) < 4.78 is 4.99. The maximum absolute atomic E-state index is 10.7. The second-order valence-corrected chi connectivity index (χ2v) is 4.39. The summed E-state index contributed by atoms with van der Waals surface area (Å²) in [5, 5.41) is 8.80. The molecule has 0 saturated heterocycles. The lowest BCUT2D eigenvalue weighted by molar-refractivity contribution is -0.139. The van der Waals surface area contributed by atoms with Crippen molar-refractivity contribution in [3.05, 3.63) is 0 Å². The van der Waals surface area contributed by atoms with Crippen LogP contribution < -0.4 is 0 Å². The van der Waals surface area contributed by atoms with Gasteiger partial charge in [-0.25, -0.2) is 0 Å². The van der Waals surface area contributed by atoms with Gasteiger partial charge in [-0.3, -0.25) is 9.69 Å². The van der Waals surface area contributed by atoms with Crippen molar-refractivity contribution in [1.29, 1.82) is 0 Å². The van der Waals surface area contributed by atoms with Gasteiger partial charge in [0, 0.05) is 19.7 Å². The Hall–Kier alpha value is -0.610. The number of nitrogens with zero attached hydrogens (tertiary/aromatic N) is 1. The molecule has 0 heterocycles. The monoisotopic (exact) mass is 215 g/mol. The Morgan fingerprint density at radius 1 is 1.60 bits per heavy atom. The summed E-state index contributed by atoms with van der Waals surface area (Å²) >= 11 is 0. The lowest BCUT2D eigenvalue weighted by Gasteiger charge is -2.27. The van der Waals surface area contributed by atoms with Gasteiger partial charge in [0.1, 0.15) is 0 Å². The highest BCUT2D eigenvalue weighted by Gasteiger charge is 2.26. The maximum Gasteiger partial charge on any atom is 0.317 e. The van der Waals surface area contributed by atoms with Crippen molar-refractivity contribution in [2.24, 2.45) is 5.92 Å². The number of rotatable bonds is 8. The largest absolute Gasteiger partial charge is 0.480 e. The van der Waals surface area contributed by atoms with Gasteiger partial charge in [-0.15, -0.1) is 0 Å². The van der Waals surface area contributed by atoms with Crippen LogP contribution in [-0.2, 0) is 9.53 Å². The first kappa shape index (κ1) is 12.5. The number of hydrogen-bond acceptors (Lipinski definition) is 3. The number of ether oxygens (including phenoxy) is 1. The van der Waals surface area contributed by atoms with E-state index in [1.54, 1.807) is 7.11 Å². The molecule has 0 amide bonds. The van der Waals surface area contributed by atoms with Gasteiger partial charge in [-0.1, -0.05) is 12.8 Å². The quantitative estimate of drug-likeness (QED) is 0.661. The number of hydrogen-bond donors (Lipinski definition) is 1. The van der Waals surface area contributed by atoms with Crippen LogP contribution in [0.4, 0.5) is 0 Å². The molecule has 0 aromatic rings. The van der Waals surface area contributed by atoms with Crippen molar-refractivity contribution in [2.75, 3.05) is 26.8 Å². The van der Waals surface area contributed by atoms with E-state index in [-0.39, 0.29) is 6.54 Å². The van der Waals surface area contributed by atoms with E-state index >= 15 is 0 Å². The number of methoxy groups -OCH3 is 1. The third-order valence-electron chi connectivity index (χ3n) is 2.92. The minimum Gasteiger partial charge on any atom is -0.480 e. The molecule has 4 nitrogen and oxygen atoms in total. The molecule has 1 unspecified atom stereocenters. The van der Waals surface area contributed by atoms with Crippen molar-refractivity contribution in [1.82, 2.24) is 4.90 Å². The van der Waals surface area contributed by atoms with Crippen LogP contribution in [0, 0.1) is 5.92 Å². The van der Waals surface area contributed by atoms with Crippen molar-refractivity contribution >= 4 is 5.97 Å². The lowest BCUT2D eigenvalue weighted by Crippen LogP contribution is -2.39. The van der Waals surface area contributed by atoms with Crippen LogP contribution in [0.15, 0.2) is 0 Å². The van der Waals surface area contributed by atoms with Crippen molar-refractivity contribution in [3.63, 3.8) is 0 Å². The third kappa shape index (κ3) is 5.14. The molecule has 0 aliphatic heterocycles. The summed E-state index contributed by atoms with van der Waals surface area (Å²) in [6.07, 6.45) is 3.75. The van der Waals surface area contributed by atoms with E-state index in [9.17, 15) is 4.79 Å². The van der Waals surface area contributed by atoms with Gasteiger partial charge >= 0.3 is 5.97 Å². The van der Waals surface area contributed by atoms with Gasteiger partial charge in [-0.2, -0.15) is 0 Å². The van der Waals surface area contributed by atoms with Gasteiger partial charge < -0.3 is 9.84 Å². The first-order valence-electron chi connectivity index (χ1n) is 5.58. The van der Waals surface area contributed by atoms with Crippen LogP contribution in [-0.4, -0.2) is 48.8 Å². The highest BCUT2D eigenvalue weighted by Crippen LogP contribution is 2.34. The normalized spacial score (nSPS) is 18.1. The molecular formula is C11H21NO3. The van der Waals surface area contributed by atoms with Crippen molar-refractivity contribution in [3.8, 4) is 0 Å². The summed E-state index contributed by atoms with van der Waals surface area (Å²) in [6, 6.07) is 0.351. The van der Waals surface area contributed by atoms with Gasteiger partial charge in [-0.05, 0) is 19.3 Å². The minimum atomic E-state index is -0.756. The van der Waals surface area contributed by atoms with Crippen LogP contribution >= 0.6 is 0 Å². The Balaban J connectivity index is 2.33. The first-order valence-corrected chi connectivity index (χ1v) is 5.58. The van der Waals surface area contributed by atoms with E-state index in [4.69, 9.17) is 9.84 Å². The highest BCUT2D eigenvalue weighted by molar-refractivity contribution is 5.69. The molecule has 0 bridgehead atoms. The molecule has 1 fully saturated rings. The topological polar surface area (TPSA) is 49.8 Å². The average molecular weight is 215 g/mol. The molecule has 0 aromatic heterocycles. The minimum absolute atomic E-state index is 0.122. The predicted molar refractivity (Wildman–Crippen MR) is 57.9 cm³/mol. The number of carboxylic acids is 1. The fourth-order valence-corrected chi connectivity index (χ4v) is 1.82. The van der Waals surface area contributed by atoms with Crippen molar-refractivity contribution in [2.45, 2.75) is 32.2 Å². The van der Waals surface area contributed by atoms with Crippen LogP contribution in [0.5, 0.6) is 0 Å². The summed E-state index contributed by atoms with van der Waals surface area (Å²) in [5.74, 6) is 0.0765. The Morgan fingerprint density at radius 2 is 2.27 bits per heavy atom. The SMILES string of the molecule is COCCN(CC(=O)O)C(C)CC1CC1. The van der Waals surface area contributed by atoms with Crippen LogP contribution in [0.1, 0.15) is 26.2 Å². The van der Waals surface area contributed by atoms with E-state index in [1.165, 1.54) is 12.8 Å².